The molecule has 0 aromatic carbocycles. The number of β-amino-alcohol motifs (C(OH)–C–C–N with tert-alkyl or cyclic N) is 1. The lowest BCUT2D eigenvalue weighted by atomic mass is 9.92. The van der Waals surface area contributed by atoms with E-state index in [1.54, 1.807) is 4.90 Å². The number of hydrogen-bond acceptors (Lipinski definition) is 7. The fourth-order valence-electron chi connectivity index (χ4n) is 4.45. The molecular formula is C21H32FN5O4. The van der Waals surface area contributed by atoms with Crippen molar-refractivity contribution in [1.82, 2.24) is 20.3 Å². The number of carbonyl (C=O) groups is 2. The van der Waals surface area contributed by atoms with Crippen LogP contribution in [0.2, 0.25) is 0 Å². The molecule has 2 amide bonds. The number of aromatic nitrogens is 2. The van der Waals surface area contributed by atoms with E-state index < -0.39 is 17.8 Å². The Balaban J connectivity index is 1.71. The number of halogens is 1. The Morgan fingerprint density at radius 1 is 1.35 bits per heavy atom. The third-order valence-corrected chi connectivity index (χ3v) is 6.15. The maximum Gasteiger partial charge on any atom is 0.233 e. The second-order valence-electron chi connectivity index (χ2n) is 8.49. The highest BCUT2D eigenvalue weighted by molar-refractivity contribution is 5.79. The average molecular weight is 438 g/mol. The van der Waals surface area contributed by atoms with Crippen LogP contribution in [0.15, 0.2) is 0 Å². The first-order chi connectivity index (χ1) is 14.9. The minimum atomic E-state index is -0.601. The molecule has 2 atom stereocenters. The SMILES string of the molecule is CCc1nc(CNC(=O)[C@H](CC2CCCC2)CN(O)C=O)c(F)c(N2CC[C@@H](O)C2)n1. The third kappa shape index (κ3) is 6.10. The van der Waals surface area contributed by atoms with Gasteiger partial charge in [0.1, 0.15) is 11.5 Å². The molecule has 1 aromatic heterocycles. The lowest BCUT2D eigenvalue weighted by Crippen LogP contribution is -2.38. The van der Waals surface area contributed by atoms with E-state index in [9.17, 15) is 19.9 Å². The number of nitrogens with one attached hydrogen (secondary N) is 1. The van der Waals surface area contributed by atoms with Crippen LogP contribution in [0.5, 0.6) is 0 Å². The molecule has 10 heteroatoms. The van der Waals surface area contributed by atoms with Crippen LogP contribution < -0.4 is 10.2 Å². The van der Waals surface area contributed by atoms with Gasteiger partial charge in [0.15, 0.2) is 11.6 Å². The molecule has 1 aromatic rings. The number of hydrogen-bond donors (Lipinski definition) is 3. The van der Waals surface area contributed by atoms with Crippen LogP contribution in [0, 0.1) is 17.7 Å². The molecule has 3 rings (SSSR count). The van der Waals surface area contributed by atoms with Crippen molar-refractivity contribution in [2.45, 2.75) is 64.5 Å². The molecule has 0 bridgehead atoms. The number of anilines is 1. The molecule has 0 unspecified atom stereocenters. The zero-order valence-corrected chi connectivity index (χ0v) is 18.0. The van der Waals surface area contributed by atoms with Crippen LogP contribution in [-0.4, -0.2) is 63.4 Å². The van der Waals surface area contributed by atoms with Crippen molar-refractivity contribution in [3.8, 4) is 0 Å². The number of aliphatic hydroxyl groups excluding tert-OH is 1. The Bertz CT molecular complexity index is 774. The van der Waals surface area contributed by atoms with Gasteiger partial charge in [-0.25, -0.2) is 19.4 Å². The van der Waals surface area contributed by atoms with Crippen molar-refractivity contribution in [1.29, 1.82) is 0 Å². The third-order valence-electron chi connectivity index (χ3n) is 6.15. The first kappa shape index (κ1) is 23.3. The molecule has 31 heavy (non-hydrogen) atoms. The predicted molar refractivity (Wildman–Crippen MR) is 111 cm³/mol. The second-order valence-corrected chi connectivity index (χ2v) is 8.49. The molecule has 172 valence electrons. The Morgan fingerprint density at radius 3 is 2.71 bits per heavy atom. The van der Waals surface area contributed by atoms with Gasteiger partial charge in [-0.3, -0.25) is 14.8 Å². The van der Waals surface area contributed by atoms with E-state index in [2.05, 4.69) is 15.3 Å². The van der Waals surface area contributed by atoms with Crippen LogP contribution in [0.25, 0.3) is 0 Å². The van der Waals surface area contributed by atoms with Gasteiger partial charge >= 0.3 is 0 Å². The smallest absolute Gasteiger partial charge is 0.233 e. The minimum Gasteiger partial charge on any atom is -0.391 e. The highest BCUT2D eigenvalue weighted by Gasteiger charge is 2.29. The molecule has 9 nitrogen and oxygen atoms in total. The summed E-state index contributed by atoms with van der Waals surface area (Å²) < 4.78 is 15.1. The molecule has 1 saturated heterocycles. The van der Waals surface area contributed by atoms with Gasteiger partial charge in [-0.05, 0) is 18.8 Å². The van der Waals surface area contributed by atoms with Gasteiger partial charge in [-0.1, -0.05) is 32.6 Å². The van der Waals surface area contributed by atoms with Gasteiger partial charge < -0.3 is 15.3 Å². The molecule has 0 spiro atoms. The molecule has 1 aliphatic carbocycles. The lowest BCUT2D eigenvalue weighted by molar-refractivity contribution is -0.155. The van der Waals surface area contributed by atoms with E-state index in [4.69, 9.17) is 0 Å². The van der Waals surface area contributed by atoms with Gasteiger partial charge in [-0.2, -0.15) is 0 Å². The highest BCUT2D eigenvalue weighted by atomic mass is 19.1. The Morgan fingerprint density at radius 2 is 2.10 bits per heavy atom. The van der Waals surface area contributed by atoms with Crippen molar-refractivity contribution >= 4 is 18.1 Å². The summed E-state index contributed by atoms with van der Waals surface area (Å²) >= 11 is 0. The number of nitrogens with zero attached hydrogens (tertiary/aromatic N) is 4. The summed E-state index contributed by atoms with van der Waals surface area (Å²) in [6.45, 7) is 2.47. The summed E-state index contributed by atoms with van der Waals surface area (Å²) in [4.78, 5) is 33.9. The number of carbonyl (C=O) groups excluding carboxylic acids is 2. The molecule has 2 heterocycles. The van der Waals surface area contributed by atoms with Crippen molar-refractivity contribution in [3.63, 3.8) is 0 Å². The molecule has 2 aliphatic rings. The number of aliphatic hydroxyl groups is 1. The zero-order chi connectivity index (χ0) is 22.4. The Kier molecular flexibility index (Phi) is 8.14. The standard InChI is InChI=1S/C21H32FN5O4/c1-2-18-24-17(19(22)20(25-18)26-8-7-16(29)12-26)10-23-21(30)15(11-27(31)13-28)9-14-5-3-4-6-14/h13-16,29,31H,2-12H2,1H3,(H,23,30)/t15-,16-/m1/s1. The highest BCUT2D eigenvalue weighted by Crippen LogP contribution is 2.31. The van der Waals surface area contributed by atoms with Gasteiger partial charge in [0.2, 0.25) is 12.3 Å². The predicted octanol–water partition coefficient (Wildman–Crippen LogP) is 1.41. The zero-order valence-electron chi connectivity index (χ0n) is 18.0. The molecule has 2 fully saturated rings. The first-order valence-electron chi connectivity index (χ1n) is 11.1. The van der Waals surface area contributed by atoms with E-state index in [1.807, 2.05) is 6.92 Å². The number of aryl methyl sites for hydroxylation is 1. The molecule has 3 N–H and O–H groups in total. The molecular weight excluding hydrogens is 405 g/mol. The number of rotatable bonds is 10. The molecule has 1 saturated carbocycles. The van der Waals surface area contributed by atoms with E-state index in [0.717, 1.165) is 25.7 Å². The monoisotopic (exact) mass is 437 g/mol. The lowest BCUT2D eigenvalue weighted by Gasteiger charge is -2.23. The number of amides is 2. The Hall–Kier alpha value is -2.33. The Labute approximate surface area is 181 Å². The fraction of sp³-hybridized carbons (Fsp3) is 0.714. The van der Waals surface area contributed by atoms with Crippen molar-refractivity contribution in [3.05, 3.63) is 17.3 Å². The van der Waals surface area contributed by atoms with Gasteiger partial charge in [0.05, 0.1) is 25.1 Å². The van der Waals surface area contributed by atoms with Crippen LogP contribution in [0.3, 0.4) is 0 Å². The van der Waals surface area contributed by atoms with E-state index in [-0.39, 0.29) is 36.9 Å². The summed E-state index contributed by atoms with van der Waals surface area (Å²) in [7, 11) is 0. The van der Waals surface area contributed by atoms with Crippen LogP contribution >= 0.6 is 0 Å². The average Bonchev–Trinajstić information content (AvgIpc) is 3.43. The van der Waals surface area contributed by atoms with Gasteiger partial charge in [0.25, 0.3) is 0 Å². The van der Waals surface area contributed by atoms with Gasteiger partial charge in [0, 0.05) is 19.5 Å². The van der Waals surface area contributed by atoms with Crippen molar-refractivity contribution in [2.24, 2.45) is 11.8 Å². The maximum absolute atomic E-state index is 15.1. The van der Waals surface area contributed by atoms with Crippen molar-refractivity contribution in [2.75, 3.05) is 24.5 Å². The van der Waals surface area contributed by atoms with E-state index in [1.165, 1.54) is 0 Å². The number of hydroxylamine groups is 2. The van der Waals surface area contributed by atoms with Gasteiger partial charge in [-0.15, -0.1) is 0 Å². The summed E-state index contributed by atoms with van der Waals surface area (Å²) in [6.07, 6.45) is 5.69. The summed E-state index contributed by atoms with van der Waals surface area (Å²) in [5.74, 6) is -0.532. The summed E-state index contributed by atoms with van der Waals surface area (Å²) in [5.41, 5.74) is 0.0902. The largest absolute Gasteiger partial charge is 0.391 e. The second kappa shape index (κ2) is 10.8. The van der Waals surface area contributed by atoms with E-state index >= 15 is 4.39 Å². The van der Waals surface area contributed by atoms with Crippen molar-refractivity contribution < 1.29 is 24.3 Å². The topological polar surface area (TPSA) is 119 Å². The van der Waals surface area contributed by atoms with Crippen LogP contribution in [0.4, 0.5) is 10.2 Å². The quantitative estimate of drug-likeness (QED) is 0.288. The van der Waals surface area contributed by atoms with E-state index in [0.29, 0.717) is 49.2 Å². The summed E-state index contributed by atoms with van der Waals surface area (Å²) in [5, 5.41) is 22.6. The minimum absolute atomic E-state index is 0.0902. The van der Waals surface area contributed by atoms with Crippen LogP contribution in [-0.2, 0) is 22.6 Å². The normalized spacial score (nSPS) is 20.1. The van der Waals surface area contributed by atoms with Crippen LogP contribution in [0.1, 0.15) is 57.0 Å². The maximum atomic E-state index is 15.1. The first-order valence-corrected chi connectivity index (χ1v) is 11.1. The molecule has 1 aliphatic heterocycles. The summed E-state index contributed by atoms with van der Waals surface area (Å²) in [6, 6.07) is 0. The fourth-order valence-corrected chi connectivity index (χ4v) is 4.45. The molecule has 0 radical (unpaired) electrons.